The lowest BCUT2D eigenvalue weighted by Crippen LogP contribution is -2.48. The number of amides is 1. The van der Waals surface area contributed by atoms with E-state index in [2.05, 4.69) is 21.2 Å². The van der Waals surface area contributed by atoms with Gasteiger partial charge < -0.3 is 19.4 Å². The number of benzene rings is 3. The average molecular weight is 620 g/mol. The molecule has 0 spiro atoms. The molecule has 0 saturated carbocycles. The van der Waals surface area contributed by atoms with Gasteiger partial charge in [-0.3, -0.25) is 19.0 Å². The van der Waals surface area contributed by atoms with Gasteiger partial charge in [0.05, 0.1) is 24.4 Å². The van der Waals surface area contributed by atoms with Gasteiger partial charge in [-0.25, -0.2) is 0 Å². The molecule has 0 unspecified atom stereocenters. The SMILES string of the molecule is COc1ccccc1N1CCN(CCNC(=O)C=Cc2cccc3c(=O)c(C)c(-c4ccccc4)oc23)CC1.CS(=O)(=O)O. The van der Waals surface area contributed by atoms with E-state index in [9.17, 15) is 18.0 Å². The monoisotopic (exact) mass is 619 g/mol. The number of hydrogen-bond acceptors (Lipinski definition) is 8. The fourth-order valence-electron chi connectivity index (χ4n) is 4.99. The predicted molar refractivity (Wildman–Crippen MR) is 174 cm³/mol. The van der Waals surface area contributed by atoms with Crippen molar-refractivity contribution in [2.24, 2.45) is 0 Å². The van der Waals surface area contributed by atoms with Crippen molar-refractivity contribution in [3.05, 3.63) is 100 Å². The highest BCUT2D eigenvalue weighted by molar-refractivity contribution is 7.85. The molecule has 0 aliphatic carbocycles. The Morgan fingerprint density at radius 1 is 1.00 bits per heavy atom. The van der Waals surface area contributed by atoms with Crippen LogP contribution in [0.3, 0.4) is 0 Å². The van der Waals surface area contributed by atoms with Gasteiger partial charge in [-0.1, -0.05) is 54.6 Å². The van der Waals surface area contributed by atoms with Gasteiger partial charge in [0.25, 0.3) is 10.1 Å². The van der Waals surface area contributed by atoms with Gasteiger partial charge in [-0.2, -0.15) is 8.42 Å². The molecular formula is C33H37N3O7S. The van der Waals surface area contributed by atoms with Crippen molar-refractivity contribution in [1.29, 1.82) is 0 Å². The molecule has 232 valence electrons. The third-order valence-corrected chi connectivity index (χ3v) is 7.15. The molecule has 1 aromatic heterocycles. The summed E-state index contributed by atoms with van der Waals surface area (Å²) in [5.74, 6) is 1.25. The normalized spacial score (nSPS) is 13.9. The molecule has 4 aromatic rings. The maximum Gasteiger partial charge on any atom is 0.261 e. The minimum absolute atomic E-state index is 0.0689. The molecular weight excluding hydrogens is 582 g/mol. The Balaban J connectivity index is 0.000000818. The van der Waals surface area contributed by atoms with Crippen LogP contribution in [-0.4, -0.2) is 76.4 Å². The van der Waals surface area contributed by atoms with Crippen LogP contribution < -0.4 is 20.4 Å². The molecule has 2 heterocycles. The Kier molecular flexibility index (Phi) is 10.9. The molecule has 3 aromatic carbocycles. The fraction of sp³-hybridized carbons (Fsp3) is 0.273. The standard InChI is InChI=1S/C32H33N3O4.CH4O3S/c1-23-30(37)26-12-8-11-25(32(26)39-31(23)24-9-4-3-5-10-24)15-16-29(36)33-17-18-34-19-21-35(22-20-34)27-13-6-7-14-28(27)38-2;1-5(2,3)4/h3-16H,17-22H2,1-2H3,(H,33,36);1H3,(H,2,3,4). The number of nitrogens with one attached hydrogen (secondary N) is 1. The maximum absolute atomic E-state index is 13.1. The van der Waals surface area contributed by atoms with Crippen LogP contribution in [0.25, 0.3) is 28.4 Å². The van der Waals surface area contributed by atoms with E-state index >= 15 is 0 Å². The summed E-state index contributed by atoms with van der Waals surface area (Å²) in [7, 11) is -1.97. The molecule has 2 N–H and O–H groups in total. The highest BCUT2D eigenvalue weighted by atomic mass is 32.2. The summed E-state index contributed by atoms with van der Waals surface area (Å²) in [4.78, 5) is 30.3. The molecule has 0 atom stereocenters. The van der Waals surface area contributed by atoms with Crippen molar-refractivity contribution >= 4 is 38.8 Å². The largest absolute Gasteiger partial charge is 0.495 e. The Morgan fingerprint density at radius 2 is 1.66 bits per heavy atom. The predicted octanol–water partition coefficient (Wildman–Crippen LogP) is 4.23. The molecule has 1 fully saturated rings. The zero-order chi connectivity index (χ0) is 31.7. The number of para-hydroxylation sites is 3. The van der Waals surface area contributed by atoms with Crippen molar-refractivity contribution < 1.29 is 26.9 Å². The first-order chi connectivity index (χ1) is 21.0. The summed E-state index contributed by atoms with van der Waals surface area (Å²) < 4.78 is 37.6. The zero-order valence-corrected chi connectivity index (χ0v) is 25.8. The topological polar surface area (TPSA) is 129 Å². The number of fused-ring (bicyclic) bond motifs is 1. The van der Waals surface area contributed by atoms with E-state index in [0.717, 1.165) is 49.7 Å². The lowest BCUT2D eigenvalue weighted by molar-refractivity contribution is -0.116. The van der Waals surface area contributed by atoms with E-state index in [-0.39, 0.29) is 11.3 Å². The molecule has 5 rings (SSSR count). The van der Waals surface area contributed by atoms with E-state index in [1.54, 1.807) is 26.2 Å². The second-order valence-electron chi connectivity index (χ2n) is 10.3. The van der Waals surface area contributed by atoms with Crippen LogP contribution in [-0.2, 0) is 14.9 Å². The van der Waals surface area contributed by atoms with Gasteiger partial charge in [0.2, 0.25) is 5.91 Å². The molecule has 11 heteroatoms. The molecule has 0 radical (unpaired) electrons. The van der Waals surface area contributed by atoms with Gasteiger partial charge >= 0.3 is 0 Å². The highest BCUT2D eigenvalue weighted by Crippen LogP contribution is 2.29. The molecule has 10 nitrogen and oxygen atoms in total. The number of piperazine rings is 1. The van der Waals surface area contributed by atoms with Crippen molar-refractivity contribution in [3.8, 4) is 17.1 Å². The van der Waals surface area contributed by atoms with Gasteiger partial charge in [-0.05, 0) is 31.2 Å². The van der Waals surface area contributed by atoms with E-state index in [1.807, 2.05) is 60.7 Å². The summed E-state index contributed by atoms with van der Waals surface area (Å²) >= 11 is 0. The first-order valence-corrected chi connectivity index (χ1v) is 16.0. The lowest BCUT2D eigenvalue weighted by atomic mass is 10.0. The Labute approximate surface area is 257 Å². The quantitative estimate of drug-likeness (QED) is 0.220. The Morgan fingerprint density at radius 3 is 2.34 bits per heavy atom. The van der Waals surface area contributed by atoms with Crippen molar-refractivity contribution in [2.75, 3.05) is 57.5 Å². The number of hydrogen-bond donors (Lipinski definition) is 2. The fourth-order valence-corrected chi connectivity index (χ4v) is 4.99. The lowest BCUT2D eigenvalue weighted by Gasteiger charge is -2.36. The summed E-state index contributed by atoms with van der Waals surface area (Å²) in [6.07, 6.45) is 3.92. The number of nitrogens with zero attached hydrogens (tertiary/aromatic N) is 2. The van der Waals surface area contributed by atoms with E-state index in [1.165, 1.54) is 6.08 Å². The zero-order valence-electron chi connectivity index (χ0n) is 25.0. The first kappa shape index (κ1) is 32.5. The minimum Gasteiger partial charge on any atom is -0.495 e. The van der Waals surface area contributed by atoms with Crippen LogP contribution >= 0.6 is 0 Å². The number of rotatable bonds is 8. The summed E-state index contributed by atoms with van der Waals surface area (Å²) in [5.41, 5.74) is 3.62. The van der Waals surface area contributed by atoms with Crippen LogP contribution in [0.2, 0.25) is 0 Å². The summed E-state index contributed by atoms with van der Waals surface area (Å²) in [5, 5.41) is 3.48. The third kappa shape index (κ3) is 8.79. The number of anilines is 1. The van der Waals surface area contributed by atoms with Crippen LogP contribution in [0.1, 0.15) is 11.1 Å². The van der Waals surface area contributed by atoms with Crippen LogP contribution in [0.4, 0.5) is 5.69 Å². The van der Waals surface area contributed by atoms with Crippen LogP contribution in [0.15, 0.2) is 88.1 Å². The molecule has 1 aliphatic heterocycles. The van der Waals surface area contributed by atoms with Crippen molar-refractivity contribution in [1.82, 2.24) is 10.2 Å². The molecule has 1 aliphatic rings. The smallest absolute Gasteiger partial charge is 0.261 e. The molecule has 1 saturated heterocycles. The van der Waals surface area contributed by atoms with E-state index in [4.69, 9.17) is 13.7 Å². The molecule has 1 amide bonds. The van der Waals surface area contributed by atoms with E-state index < -0.39 is 10.1 Å². The minimum atomic E-state index is -3.67. The van der Waals surface area contributed by atoms with Crippen molar-refractivity contribution in [2.45, 2.75) is 6.92 Å². The second-order valence-corrected chi connectivity index (χ2v) is 11.8. The van der Waals surface area contributed by atoms with Gasteiger partial charge in [0.1, 0.15) is 17.1 Å². The molecule has 0 bridgehead atoms. The van der Waals surface area contributed by atoms with E-state index in [0.29, 0.717) is 40.7 Å². The van der Waals surface area contributed by atoms with Gasteiger partial charge in [0.15, 0.2) is 5.43 Å². The third-order valence-electron chi connectivity index (χ3n) is 7.15. The number of carbonyl (C=O) groups excluding carboxylic acids is 1. The molecule has 44 heavy (non-hydrogen) atoms. The van der Waals surface area contributed by atoms with Gasteiger partial charge in [0, 0.05) is 62.0 Å². The van der Waals surface area contributed by atoms with Crippen LogP contribution in [0, 0.1) is 6.92 Å². The van der Waals surface area contributed by atoms with Gasteiger partial charge in [-0.15, -0.1) is 0 Å². The van der Waals surface area contributed by atoms with Crippen LogP contribution in [0.5, 0.6) is 5.75 Å². The summed E-state index contributed by atoms with van der Waals surface area (Å²) in [6, 6.07) is 23.1. The maximum atomic E-state index is 13.1. The number of ether oxygens (including phenoxy) is 1. The first-order valence-electron chi connectivity index (χ1n) is 14.2. The summed E-state index contributed by atoms with van der Waals surface area (Å²) in [6.45, 7) is 6.77. The highest BCUT2D eigenvalue weighted by Gasteiger charge is 2.19. The average Bonchev–Trinajstić information content (AvgIpc) is 3.01. The number of carbonyl (C=O) groups is 1. The Bertz CT molecular complexity index is 1770. The van der Waals surface area contributed by atoms with Crippen molar-refractivity contribution in [3.63, 3.8) is 0 Å². The second kappa shape index (κ2) is 14.8. The number of methoxy groups -OCH3 is 1. The Hall–Kier alpha value is -4.45.